The lowest BCUT2D eigenvalue weighted by Crippen LogP contribution is -1.91. The molecular formula is C50H30O. The first kappa shape index (κ1) is 11.7. The van der Waals surface area contributed by atoms with Gasteiger partial charge in [0.2, 0.25) is 0 Å². The van der Waals surface area contributed by atoms with Crippen molar-refractivity contribution >= 4 is 75.8 Å². The second-order valence-corrected chi connectivity index (χ2v) is 11.3. The van der Waals surface area contributed by atoms with Gasteiger partial charge in [-0.3, -0.25) is 0 Å². The smallest absolute Gasteiger partial charge is 0.136 e. The van der Waals surface area contributed by atoms with E-state index in [-0.39, 0.29) is 0 Å². The van der Waals surface area contributed by atoms with E-state index in [0.717, 1.165) is 0 Å². The van der Waals surface area contributed by atoms with Crippen LogP contribution >= 0.6 is 0 Å². The lowest BCUT2D eigenvalue weighted by molar-refractivity contribution is 0.669. The van der Waals surface area contributed by atoms with Gasteiger partial charge >= 0.3 is 0 Å². The van der Waals surface area contributed by atoms with Crippen molar-refractivity contribution in [3.8, 4) is 33.4 Å². The van der Waals surface area contributed by atoms with E-state index in [1.807, 2.05) is 0 Å². The van der Waals surface area contributed by atoms with E-state index < -0.39 is 290 Å². The summed E-state index contributed by atoms with van der Waals surface area (Å²) in [7, 11) is 0. The predicted molar refractivity (Wildman–Crippen MR) is 218 cm³/mol. The van der Waals surface area contributed by atoms with Gasteiger partial charge in [-0.25, -0.2) is 0 Å². The third-order valence-electron chi connectivity index (χ3n) is 8.51. The van der Waals surface area contributed by atoms with E-state index in [2.05, 4.69) is 0 Å². The summed E-state index contributed by atoms with van der Waals surface area (Å²) in [6.45, 7) is 0. The fourth-order valence-electron chi connectivity index (χ4n) is 6.30. The summed E-state index contributed by atoms with van der Waals surface area (Å²) in [6.07, 6.45) is 0. The number of fused-ring (bicyclic) bond motifs is 10. The van der Waals surface area contributed by atoms with E-state index in [4.69, 9.17) is 27.7 Å². The molecule has 0 aliphatic heterocycles. The fraction of sp³-hybridized carbons (Fsp3) is 0. The number of benzene rings is 10. The molecule has 0 unspecified atom stereocenters. The van der Waals surface area contributed by atoms with Crippen LogP contribution in [0.5, 0.6) is 0 Å². The highest BCUT2D eigenvalue weighted by Gasteiger charge is 2.18. The molecule has 0 atom stereocenters. The van der Waals surface area contributed by atoms with Crippen molar-refractivity contribution in [2.45, 2.75) is 0 Å². The molecule has 1 heterocycles. The van der Waals surface area contributed by atoms with Gasteiger partial charge in [-0.2, -0.15) is 0 Å². The summed E-state index contributed by atoms with van der Waals surface area (Å²) in [5, 5.41) is -7.11. The monoisotopic (exact) mass is 676 g/mol. The van der Waals surface area contributed by atoms with Gasteiger partial charge in [0.1, 0.15) is 11.2 Å². The molecule has 0 aliphatic carbocycles. The van der Waals surface area contributed by atoms with E-state index in [1.54, 1.807) is 0 Å². The molecule has 236 valence electrons. The first-order valence-electron chi connectivity index (χ1n) is 30.2. The normalized spacial score (nSPS) is 20.2. The van der Waals surface area contributed by atoms with Gasteiger partial charge in [0.25, 0.3) is 0 Å². The molecular weight excluding hydrogens is 617 g/mol. The van der Waals surface area contributed by atoms with E-state index >= 15 is 0 Å². The largest absolute Gasteiger partial charge is 0.456 e. The molecule has 0 aliphatic rings. The first-order valence-corrected chi connectivity index (χ1v) is 15.2. The van der Waals surface area contributed by atoms with Crippen LogP contribution in [0.2, 0.25) is 0 Å². The summed E-state index contributed by atoms with van der Waals surface area (Å²) >= 11 is 0. The van der Waals surface area contributed by atoms with Crippen molar-refractivity contribution in [3.63, 3.8) is 0 Å². The molecule has 0 N–H and O–H groups in total. The van der Waals surface area contributed by atoms with Crippen LogP contribution in [-0.2, 0) is 0 Å². The van der Waals surface area contributed by atoms with Gasteiger partial charge in [-0.15, -0.1) is 0 Å². The van der Waals surface area contributed by atoms with E-state index in [1.165, 1.54) is 0 Å². The van der Waals surface area contributed by atoms with Crippen molar-refractivity contribution in [3.05, 3.63) is 181 Å². The topological polar surface area (TPSA) is 13.1 Å². The summed E-state index contributed by atoms with van der Waals surface area (Å²) in [6, 6.07) is -27.7. The van der Waals surface area contributed by atoms with E-state index in [9.17, 15) is 17.8 Å². The van der Waals surface area contributed by atoms with Crippen LogP contribution in [0.4, 0.5) is 0 Å². The summed E-state index contributed by atoms with van der Waals surface area (Å²) in [4.78, 5) is 0. The Balaban J connectivity index is 1.34. The van der Waals surface area contributed by atoms with Gasteiger partial charge in [0.15, 0.2) is 0 Å². The Hall–Kier alpha value is -6.70. The third kappa shape index (κ3) is 4.28. The SMILES string of the molecule is [2H]c1c([2H])c(-c2c3c([2H])c([2H])c([2H])c([2H])c3c(-c3c([2H])c([2H])c4oc5c([2H])c([2H])c6c([2H])c([2H])c([2H])c([2H])c6c5c4c3[2H])c3c([2H])c([2H])c([2H])c([2H])c23)c([2H])c([2H])c1-c1c([2H])c([2H])c2c(c1[2H])c([2H])c([2H])c1c([2H])c([2H])c([2H])c([2H])c12. The van der Waals surface area contributed by atoms with Crippen molar-refractivity contribution in [2.24, 2.45) is 0 Å². The molecule has 51 heavy (non-hydrogen) atoms. The highest BCUT2D eigenvalue weighted by Crippen LogP contribution is 2.45. The van der Waals surface area contributed by atoms with Crippen molar-refractivity contribution in [1.82, 2.24) is 0 Å². The third-order valence-corrected chi connectivity index (χ3v) is 8.51. The zero-order valence-electron chi connectivity index (χ0n) is 55.4. The molecule has 0 saturated carbocycles. The van der Waals surface area contributed by atoms with Crippen LogP contribution < -0.4 is 0 Å². The maximum absolute atomic E-state index is 9.92. The standard InChI is InChI=1S/C50H30O/c1-3-11-38-32(9-1)19-22-36-29-35(23-26-39(36)38)31-17-20-34(21-18-31)48-41-13-5-7-15-43(41)49(44-16-8-6-14-42(44)48)37-25-27-46-45(30-37)50-40-12-4-2-10-33(40)24-28-47(50)51-46/h1-30H/i1D,2D,3D,4D,5D,6D,7D,8D,9D,10D,11D,12D,13D,14D,15D,16D,17D,18D,19D,20D,21D,22D,23D,24D,25D,26D,27D,28D,29D,30D. The van der Waals surface area contributed by atoms with Gasteiger partial charge < -0.3 is 4.42 Å². The number of hydrogen-bond acceptors (Lipinski definition) is 1. The van der Waals surface area contributed by atoms with Crippen LogP contribution in [0, 0.1) is 0 Å². The fourth-order valence-corrected chi connectivity index (χ4v) is 6.30. The first-order chi connectivity index (χ1) is 37.8. The van der Waals surface area contributed by atoms with Gasteiger partial charge in [0, 0.05) is 10.8 Å². The van der Waals surface area contributed by atoms with Crippen molar-refractivity contribution in [1.29, 1.82) is 0 Å². The molecule has 0 bridgehead atoms. The molecule has 1 nitrogen and oxygen atoms in total. The average Bonchev–Trinajstić information content (AvgIpc) is 2.65. The number of furan rings is 1. The van der Waals surface area contributed by atoms with Crippen LogP contribution in [0.1, 0.15) is 41.1 Å². The zero-order valence-corrected chi connectivity index (χ0v) is 25.4. The second-order valence-electron chi connectivity index (χ2n) is 11.3. The molecule has 0 spiro atoms. The van der Waals surface area contributed by atoms with Crippen LogP contribution in [0.3, 0.4) is 0 Å². The Kier molecular flexibility index (Phi) is 2.50. The molecule has 11 rings (SSSR count). The molecule has 0 fully saturated rings. The minimum Gasteiger partial charge on any atom is -0.456 e. The Labute approximate surface area is 336 Å². The van der Waals surface area contributed by atoms with Crippen LogP contribution in [0.15, 0.2) is 186 Å². The molecule has 1 heteroatoms. The van der Waals surface area contributed by atoms with Crippen LogP contribution in [0.25, 0.3) is 109 Å². The Morgan fingerprint density at radius 2 is 0.765 bits per heavy atom. The second kappa shape index (κ2) is 10.9. The Morgan fingerprint density at radius 1 is 0.294 bits per heavy atom. The van der Waals surface area contributed by atoms with E-state index in [0.29, 0.717) is 0 Å². The highest BCUT2D eigenvalue weighted by atomic mass is 16.3. The van der Waals surface area contributed by atoms with Crippen LogP contribution in [-0.4, -0.2) is 0 Å². The molecule has 0 amide bonds. The maximum Gasteiger partial charge on any atom is 0.136 e. The highest BCUT2D eigenvalue weighted by molar-refractivity contribution is 6.24. The number of rotatable bonds is 3. The lowest BCUT2D eigenvalue weighted by Gasteiger charge is -2.18. The Bertz CT molecular complexity index is 4820. The predicted octanol–water partition coefficient (Wildman–Crippen LogP) is 14.4. The minimum atomic E-state index is -1.13. The van der Waals surface area contributed by atoms with Crippen molar-refractivity contribution in [2.75, 3.05) is 0 Å². The Morgan fingerprint density at radius 3 is 1.47 bits per heavy atom. The average molecular weight is 677 g/mol. The zero-order chi connectivity index (χ0) is 59.6. The lowest BCUT2D eigenvalue weighted by atomic mass is 9.85. The molecule has 0 radical (unpaired) electrons. The van der Waals surface area contributed by atoms with Crippen molar-refractivity contribution < 1.29 is 45.5 Å². The molecule has 1 aromatic heterocycles. The maximum atomic E-state index is 9.92. The molecule has 10 aromatic carbocycles. The quantitative estimate of drug-likeness (QED) is 0.134. The summed E-state index contributed by atoms with van der Waals surface area (Å²) in [5.74, 6) is 0. The van der Waals surface area contributed by atoms with Gasteiger partial charge in [0.05, 0.1) is 41.1 Å². The number of hydrogen-bond donors (Lipinski definition) is 0. The molecule has 11 aromatic rings. The molecule has 0 saturated heterocycles. The minimum absolute atomic E-state index is 0.415. The van der Waals surface area contributed by atoms with Gasteiger partial charge in [-0.05, 0) is 111 Å². The van der Waals surface area contributed by atoms with Gasteiger partial charge in [-0.1, -0.05) is 157 Å². The summed E-state index contributed by atoms with van der Waals surface area (Å²) < 4.78 is 278. The summed E-state index contributed by atoms with van der Waals surface area (Å²) in [5.41, 5.74) is -6.11.